The minimum Gasteiger partial charge on any atom is -0.497 e. The largest absolute Gasteiger partial charge is 0.497 e. The molecule has 0 heterocycles. The molecule has 308 valence electrons. The lowest BCUT2D eigenvalue weighted by Gasteiger charge is -2.29. The minimum atomic E-state index is 0.460. The van der Waals surface area contributed by atoms with Crippen LogP contribution in [0.15, 0.2) is 121 Å². The van der Waals surface area contributed by atoms with Gasteiger partial charge in [-0.2, -0.15) is 0 Å². The molecule has 6 rings (SSSR count). The number of benzene rings is 6. The molecule has 0 amide bonds. The Bertz CT molecular complexity index is 2010. The molecule has 6 aromatic carbocycles. The summed E-state index contributed by atoms with van der Waals surface area (Å²) in [6.45, 7) is 0.921. The molecule has 0 radical (unpaired) electrons. The number of ether oxygens (including phenoxy) is 10. The zero-order valence-electron chi connectivity index (χ0n) is 34.6. The molecule has 0 unspecified atom stereocenters. The summed E-state index contributed by atoms with van der Waals surface area (Å²) in [6.07, 6.45) is 0.667. The van der Waals surface area contributed by atoms with Crippen molar-refractivity contribution in [1.82, 2.24) is 0 Å². The van der Waals surface area contributed by atoms with Crippen LogP contribution in [0.1, 0.15) is 6.42 Å². The molecule has 0 bridgehead atoms. The summed E-state index contributed by atoms with van der Waals surface area (Å²) in [6, 6.07) is 38.5. The van der Waals surface area contributed by atoms with Gasteiger partial charge in [-0.1, -0.05) is 0 Å². The van der Waals surface area contributed by atoms with Gasteiger partial charge in [0.1, 0.15) is 57.5 Å². The van der Waals surface area contributed by atoms with Gasteiger partial charge in [0.05, 0.1) is 92.8 Å². The van der Waals surface area contributed by atoms with Gasteiger partial charge in [0.2, 0.25) is 0 Å². The molecule has 0 saturated carbocycles. The Morgan fingerprint density at radius 1 is 0.305 bits per heavy atom. The second-order valence-electron chi connectivity index (χ2n) is 12.9. The Morgan fingerprint density at radius 2 is 0.559 bits per heavy atom. The lowest BCUT2D eigenvalue weighted by atomic mass is 10.1. The van der Waals surface area contributed by atoms with Crippen molar-refractivity contribution in [2.75, 3.05) is 79.9 Å². The van der Waals surface area contributed by atoms with Crippen LogP contribution in [0.25, 0.3) is 0 Å². The molecule has 0 aliphatic heterocycles. The third-order valence-corrected chi connectivity index (χ3v) is 9.53. The van der Waals surface area contributed by atoms with E-state index in [-0.39, 0.29) is 0 Å². The Morgan fingerprint density at radius 3 is 0.797 bits per heavy atom. The molecular weight excluding hydrogens is 753 g/mol. The number of anilines is 6. The van der Waals surface area contributed by atoms with E-state index < -0.39 is 0 Å². The molecule has 12 nitrogen and oxygen atoms in total. The highest BCUT2D eigenvalue weighted by molar-refractivity contribution is 5.85. The molecule has 0 spiro atoms. The Hall–Kier alpha value is -7.08. The maximum absolute atomic E-state index is 6.14. The van der Waals surface area contributed by atoms with Crippen molar-refractivity contribution in [2.45, 2.75) is 6.42 Å². The van der Waals surface area contributed by atoms with Gasteiger partial charge in [-0.15, -0.1) is 0 Å². The maximum Gasteiger partial charge on any atom is 0.146 e. The second-order valence-corrected chi connectivity index (χ2v) is 12.9. The smallest absolute Gasteiger partial charge is 0.146 e. The van der Waals surface area contributed by atoms with Crippen LogP contribution < -0.4 is 57.2 Å². The molecule has 0 aliphatic rings. The first-order chi connectivity index (χ1) is 28.9. The lowest BCUT2D eigenvalue weighted by molar-refractivity contribution is 0.247. The minimum absolute atomic E-state index is 0.460. The molecule has 0 atom stereocenters. The fraction of sp³-hybridized carbons (Fsp3) is 0.234. The van der Waals surface area contributed by atoms with Gasteiger partial charge in [-0.3, -0.25) is 0 Å². The molecular formula is C47H50N2O10. The van der Waals surface area contributed by atoms with Crippen molar-refractivity contribution >= 4 is 34.1 Å². The van der Waals surface area contributed by atoms with Crippen molar-refractivity contribution in [3.8, 4) is 57.5 Å². The Kier molecular flexibility index (Phi) is 14.0. The Balaban J connectivity index is 1.14. The van der Waals surface area contributed by atoms with Crippen LogP contribution in [0.2, 0.25) is 0 Å². The van der Waals surface area contributed by atoms with Gasteiger partial charge < -0.3 is 57.2 Å². The van der Waals surface area contributed by atoms with Crippen molar-refractivity contribution in [3.63, 3.8) is 0 Å². The fourth-order valence-corrected chi connectivity index (χ4v) is 6.52. The van der Waals surface area contributed by atoms with E-state index in [1.807, 2.05) is 121 Å². The summed E-state index contributed by atoms with van der Waals surface area (Å²) in [4.78, 5) is 4.11. The summed E-state index contributed by atoms with van der Waals surface area (Å²) in [7, 11) is 13.0. The van der Waals surface area contributed by atoms with E-state index in [1.54, 1.807) is 56.9 Å². The van der Waals surface area contributed by atoms with Crippen LogP contribution in [0.4, 0.5) is 34.1 Å². The van der Waals surface area contributed by atoms with E-state index in [9.17, 15) is 0 Å². The van der Waals surface area contributed by atoms with Gasteiger partial charge in [-0.25, -0.2) is 0 Å². The summed E-state index contributed by atoms with van der Waals surface area (Å²) in [5.41, 5.74) is 4.91. The first kappa shape index (κ1) is 41.6. The molecule has 0 aliphatic carbocycles. The summed E-state index contributed by atoms with van der Waals surface area (Å²) in [5, 5.41) is 0. The summed E-state index contributed by atoms with van der Waals surface area (Å²) in [5.74, 6) is 6.69. The summed E-state index contributed by atoms with van der Waals surface area (Å²) < 4.78 is 57.3. The zero-order chi connectivity index (χ0) is 41.7. The molecule has 6 aromatic rings. The van der Waals surface area contributed by atoms with Crippen LogP contribution in [0, 0.1) is 0 Å². The standard InChI is InChI=1S/C47H50N2O10/c1-50-36-18-22-40(44(28-36)54-5)48(41-23-19-37(51-2)29-45(41)55-6)32-10-14-34(15-11-32)58-26-9-27-59-35-16-12-33(13-17-35)49(42-24-20-38(52-3)30-46(42)56-7)43-25-21-39(53-4)31-47(43)57-8/h10-25,28-31H,9,26-27H2,1-8H3. The van der Waals surface area contributed by atoms with Crippen LogP contribution in [0.5, 0.6) is 57.5 Å². The van der Waals surface area contributed by atoms with Crippen molar-refractivity contribution in [1.29, 1.82) is 0 Å². The van der Waals surface area contributed by atoms with Crippen LogP contribution in [0.3, 0.4) is 0 Å². The van der Waals surface area contributed by atoms with E-state index >= 15 is 0 Å². The predicted molar refractivity (Wildman–Crippen MR) is 230 cm³/mol. The van der Waals surface area contributed by atoms with E-state index in [0.717, 1.165) is 45.6 Å². The topological polar surface area (TPSA) is 98.8 Å². The van der Waals surface area contributed by atoms with Crippen LogP contribution >= 0.6 is 0 Å². The van der Waals surface area contributed by atoms with Crippen LogP contribution in [-0.2, 0) is 0 Å². The number of hydrogen-bond acceptors (Lipinski definition) is 12. The molecule has 0 fully saturated rings. The second kappa shape index (κ2) is 19.9. The molecule has 59 heavy (non-hydrogen) atoms. The highest BCUT2D eigenvalue weighted by Crippen LogP contribution is 2.48. The van der Waals surface area contributed by atoms with Gasteiger partial charge in [0.25, 0.3) is 0 Å². The fourth-order valence-electron chi connectivity index (χ4n) is 6.52. The number of hydrogen-bond donors (Lipinski definition) is 0. The molecule has 12 heteroatoms. The zero-order valence-corrected chi connectivity index (χ0v) is 34.6. The quantitative estimate of drug-likeness (QED) is 0.0687. The lowest BCUT2D eigenvalue weighted by Crippen LogP contribution is -2.13. The van der Waals surface area contributed by atoms with E-state index in [0.29, 0.717) is 65.6 Å². The van der Waals surface area contributed by atoms with Crippen molar-refractivity contribution in [3.05, 3.63) is 121 Å². The first-order valence-electron chi connectivity index (χ1n) is 18.8. The number of nitrogens with zero attached hydrogens (tertiary/aromatic N) is 2. The third kappa shape index (κ3) is 9.56. The average molecular weight is 803 g/mol. The number of rotatable bonds is 20. The molecule has 0 N–H and O–H groups in total. The number of methoxy groups -OCH3 is 8. The van der Waals surface area contributed by atoms with Crippen molar-refractivity contribution in [2.24, 2.45) is 0 Å². The average Bonchev–Trinajstić information content (AvgIpc) is 3.30. The summed E-state index contributed by atoms with van der Waals surface area (Å²) >= 11 is 0. The Labute approximate surface area is 345 Å². The van der Waals surface area contributed by atoms with Gasteiger partial charge in [-0.05, 0) is 97.1 Å². The SMILES string of the molecule is COc1ccc(N(c2ccc(OCCCOc3ccc(N(c4ccc(OC)cc4OC)c4ccc(OC)cc4OC)cc3)cc2)c2ccc(OC)cc2OC)c(OC)c1. The van der Waals surface area contributed by atoms with Gasteiger partial charge in [0, 0.05) is 42.1 Å². The highest BCUT2D eigenvalue weighted by atomic mass is 16.5. The predicted octanol–water partition coefficient (Wildman–Crippen LogP) is 10.5. The monoisotopic (exact) mass is 802 g/mol. The van der Waals surface area contributed by atoms with E-state index in [1.165, 1.54) is 0 Å². The van der Waals surface area contributed by atoms with Gasteiger partial charge >= 0.3 is 0 Å². The van der Waals surface area contributed by atoms with E-state index in [4.69, 9.17) is 47.4 Å². The first-order valence-corrected chi connectivity index (χ1v) is 18.8. The molecule has 0 saturated heterocycles. The molecule has 0 aromatic heterocycles. The normalized spacial score (nSPS) is 10.6. The highest BCUT2D eigenvalue weighted by Gasteiger charge is 2.23. The van der Waals surface area contributed by atoms with Crippen molar-refractivity contribution < 1.29 is 47.4 Å². The van der Waals surface area contributed by atoms with Gasteiger partial charge in [0.15, 0.2) is 0 Å². The third-order valence-electron chi connectivity index (χ3n) is 9.53. The van der Waals surface area contributed by atoms with E-state index in [2.05, 4.69) is 9.80 Å². The van der Waals surface area contributed by atoms with Crippen LogP contribution in [-0.4, -0.2) is 70.1 Å². The maximum atomic E-state index is 6.14.